The maximum atomic E-state index is 4.70. The van der Waals surface area contributed by atoms with Crippen molar-refractivity contribution in [3.63, 3.8) is 0 Å². The summed E-state index contributed by atoms with van der Waals surface area (Å²) in [6.07, 6.45) is 1.19. The van der Waals surface area contributed by atoms with Crippen molar-refractivity contribution in [3.05, 3.63) is 121 Å². The van der Waals surface area contributed by atoms with E-state index in [-0.39, 0.29) is 7.92 Å². The van der Waals surface area contributed by atoms with E-state index in [4.69, 9.17) is 20.4 Å². The normalized spacial score (nSPS) is 11.8. The van der Waals surface area contributed by atoms with E-state index in [1.54, 1.807) is 0 Å². The number of rotatable bonds is 7. The van der Waals surface area contributed by atoms with Crippen LogP contribution in [-0.2, 0) is 12.7 Å². The Balaban J connectivity index is 0.000000913. The first-order chi connectivity index (χ1) is 15.7. The first-order valence-electron chi connectivity index (χ1n) is 10.3. The fourth-order valence-corrected chi connectivity index (χ4v) is 9.51. The van der Waals surface area contributed by atoms with Gasteiger partial charge in [-0.15, -0.1) is 0 Å². The molecule has 168 valence electrons. The zero-order chi connectivity index (χ0) is 22.6. The van der Waals surface area contributed by atoms with Crippen molar-refractivity contribution in [1.29, 1.82) is 0 Å². The van der Waals surface area contributed by atoms with Crippen LogP contribution in [0.25, 0.3) is 0 Å². The molecule has 32 heavy (non-hydrogen) atoms. The first-order valence-corrected chi connectivity index (χ1v) is 16.0. The first kappa shape index (κ1) is 25.4. The Morgan fingerprint density at radius 2 is 0.844 bits per heavy atom. The van der Waals surface area contributed by atoms with Gasteiger partial charge < -0.3 is 0 Å². The summed E-state index contributed by atoms with van der Waals surface area (Å²) in [7, 11) is 8.61. The molecule has 0 aliphatic heterocycles. The maximum absolute atomic E-state index is 4.70. The SMILES string of the molecule is C[C@H](CP(c1ccccc1)c1ccccc1)P(c1ccccc1)c1ccccc1.[Cl][Ni][Cl]. The Morgan fingerprint density at radius 1 is 0.562 bits per heavy atom. The number of benzene rings is 4. The van der Waals surface area contributed by atoms with Gasteiger partial charge in [0.25, 0.3) is 0 Å². The molecule has 0 radical (unpaired) electrons. The Kier molecular flexibility index (Phi) is 11.3. The second-order valence-corrected chi connectivity index (χ2v) is 13.8. The second-order valence-electron chi connectivity index (χ2n) is 7.22. The van der Waals surface area contributed by atoms with Gasteiger partial charge in [-0.3, -0.25) is 0 Å². The van der Waals surface area contributed by atoms with Gasteiger partial charge in [-0.2, -0.15) is 0 Å². The number of hydrogen-bond acceptors (Lipinski definition) is 0. The molecule has 0 aliphatic rings. The summed E-state index contributed by atoms with van der Waals surface area (Å²) in [5.74, 6) is 0. The van der Waals surface area contributed by atoms with Crippen molar-refractivity contribution in [2.24, 2.45) is 0 Å². The Bertz CT molecular complexity index is 939. The Morgan fingerprint density at radius 3 is 1.16 bits per heavy atom. The van der Waals surface area contributed by atoms with Crippen LogP contribution in [0.1, 0.15) is 6.92 Å². The van der Waals surface area contributed by atoms with Gasteiger partial charge in [0, 0.05) is 0 Å². The topological polar surface area (TPSA) is 0 Å². The van der Waals surface area contributed by atoms with Gasteiger partial charge in [-0.1, -0.05) is 128 Å². The van der Waals surface area contributed by atoms with Crippen LogP contribution in [0.3, 0.4) is 0 Å². The van der Waals surface area contributed by atoms with Crippen LogP contribution in [0, 0.1) is 0 Å². The van der Waals surface area contributed by atoms with Crippen LogP contribution in [-0.4, -0.2) is 11.8 Å². The van der Waals surface area contributed by atoms with E-state index in [1.165, 1.54) is 27.4 Å². The van der Waals surface area contributed by atoms with E-state index in [9.17, 15) is 0 Å². The van der Waals surface area contributed by atoms with E-state index in [0.717, 1.165) is 0 Å². The van der Waals surface area contributed by atoms with Gasteiger partial charge >= 0.3 is 33.0 Å². The molecule has 0 heterocycles. The van der Waals surface area contributed by atoms with Crippen molar-refractivity contribution in [2.45, 2.75) is 12.6 Å². The van der Waals surface area contributed by atoms with Crippen molar-refractivity contribution >= 4 is 57.4 Å². The molecule has 1 atom stereocenters. The average Bonchev–Trinajstić information content (AvgIpc) is 2.86. The molecule has 0 unspecified atom stereocenters. The van der Waals surface area contributed by atoms with Gasteiger partial charge in [-0.25, -0.2) is 0 Å². The second kappa shape index (κ2) is 14.2. The molecule has 0 saturated heterocycles. The van der Waals surface area contributed by atoms with E-state index < -0.39 is 7.92 Å². The summed E-state index contributed by atoms with van der Waals surface area (Å²) in [5, 5.41) is 5.88. The third kappa shape index (κ3) is 7.42. The molecule has 0 aliphatic carbocycles. The van der Waals surface area contributed by atoms with Gasteiger partial charge in [0.2, 0.25) is 0 Å². The summed E-state index contributed by atoms with van der Waals surface area (Å²) < 4.78 is 0. The molecule has 0 spiro atoms. The van der Waals surface area contributed by atoms with E-state index in [2.05, 4.69) is 128 Å². The van der Waals surface area contributed by atoms with Crippen molar-refractivity contribution < 1.29 is 12.7 Å². The van der Waals surface area contributed by atoms with Crippen LogP contribution < -0.4 is 21.2 Å². The Labute approximate surface area is 209 Å². The molecule has 0 amide bonds. The standard InChI is InChI=1S/C27H26P2.2ClH.Ni/c1-23(29(26-18-10-4-11-19-26)27-20-12-5-13-21-27)22-28(24-14-6-2-7-15-24)25-16-8-3-9-17-25;;;/h2-21,23H,22H2,1H3;2*1H;/q;;;+2/p-2/t23-;;;/m1.../s1. The van der Waals surface area contributed by atoms with Crippen LogP contribution in [0.2, 0.25) is 0 Å². The minimum absolute atomic E-state index is 0.387. The minimum atomic E-state index is -0.409. The predicted octanol–water partition coefficient (Wildman–Crippen LogP) is 7.02. The quantitative estimate of drug-likeness (QED) is 0.174. The summed E-state index contributed by atoms with van der Waals surface area (Å²) in [6.45, 7) is 2.45. The zero-order valence-corrected chi connectivity index (χ0v) is 22.1. The molecule has 5 heteroatoms. The van der Waals surface area contributed by atoms with Crippen LogP contribution in [0.4, 0.5) is 0 Å². The van der Waals surface area contributed by atoms with Crippen molar-refractivity contribution in [3.8, 4) is 0 Å². The van der Waals surface area contributed by atoms with E-state index in [0.29, 0.717) is 18.3 Å². The predicted molar refractivity (Wildman–Crippen MR) is 144 cm³/mol. The number of halogens is 2. The summed E-state index contributed by atoms with van der Waals surface area (Å²) in [4.78, 5) is 0. The fourth-order valence-electron chi connectivity index (χ4n) is 3.76. The Hall–Kier alpha value is -1.19. The van der Waals surface area contributed by atoms with Crippen LogP contribution in [0.15, 0.2) is 121 Å². The van der Waals surface area contributed by atoms with E-state index >= 15 is 0 Å². The van der Waals surface area contributed by atoms with Gasteiger partial charge in [0.1, 0.15) is 0 Å². The summed E-state index contributed by atoms with van der Waals surface area (Å²) in [6, 6.07) is 44.3. The molecular weight excluding hydrogens is 516 g/mol. The molecular formula is C27H26Cl2NiP2. The molecule has 0 bridgehead atoms. The molecule has 0 fully saturated rings. The van der Waals surface area contributed by atoms with Crippen molar-refractivity contribution in [2.75, 3.05) is 6.16 Å². The average molecular weight is 542 g/mol. The molecule has 0 saturated carbocycles. The monoisotopic (exact) mass is 540 g/mol. The fraction of sp³-hybridized carbons (Fsp3) is 0.111. The zero-order valence-electron chi connectivity index (χ0n) is 17.8. The third-order valence-electron chi connectivity index (χ3n) is 5.09. The third-order valence-corrected chi connectivity index (χ3v) is 10.9. The van der Waals surface area contributed by atoms with Crippen LogP contribution >= 0.6 is 36.2 Å². The summed E-state index contributed by atoms with van der Waals surface area (Å²) in [5.41, 5.74) is 0.585. The molecule has 4 rings (SSSR count). The molecule has 0 aromatic heterocycles. The van der Waals surface area contributed by atoms with Crippen LogP contribution in [0.5, 0.6) is 0 Å². The van der Waals surface area contributed by atoms with Gasteiger partial charge in [-0.05, 0) is 48.9 Å². The molecule has 0 N–H and O–H groups in total. The molecule has 4 aromatic carbocycles. The summed E-state index contributed by atoms with van der Waals surface area (Å²) >= 11 is 0.569. The number of hydrogen-bond donors (Lipinski definition) is 0. The van der Waals surface area contributed by atoms with Gasteiger partial charge in [0.05, 0.1) is 0 Å². The van der Waals surface area contributed by atoms with E-state index in [1.807, 2.05) is 0 Å². The van der Waals surface area contributed by atoms with Gasteiger partial charge in [0.15, 0.2) is 0 Å². The van der Waals surface area contributed by atoms with Crippen molar-refractivity contribution in [1.82, 2.24) is 0 Å². The molecule has 4 aromatic rings. The molecule has 0 nitrogen and oxygen atoms in total.